The van der Waals surface area contributed by atoms with Gasteiger partial charge in [0.15, 0.2) is 0 Å². The molecule has 1 heterocycles. The molecule has 0 radical (unpaired) electrons. The molecule has 2 N–H and O–H groups in total. The molecule has 1 aliphatic carbocycles. The van der Waals surface area contributed by atoms with Gasteiger partial charge in [-0.3, -0.25) is 0 Å². The highest BCUT2D eigenvalue weighted by Crippen LogP contribution is 2.33. The van der Waals surface area contributed by atoms with Gasteiger partial charge in [0.2, 0.25) is 0 Å². The summed E-state index contributed by atoms with van der Waals surface area (Å²) in [7, 11) is 0. The number of ether oxygens (including phenoxy) is 1. The molecule has 0 spiro atoms. The lowest BCUT2D eigenvalue weighted by Crippen LogP contribution is -2.38. The van der Waals surface area contributed by atoms with Crippen molar-refractivity contribution in [1.82, 2.24) is 0 Å². The smallest absolute Gasteiger partial charge is 0.0618 e. The van der Waals surface area contributed by atoms with E-state index in [0.717, 1.165) is 6.61 Å². The first-order chi connectivity index (χ1) is 4.88. The number of fused-ring (bicyclic) bond motifs is 1. The van der Waals surface area contributed by atoms with E-state index in [2.05, 4.69) is 0 Å². The average Bonchev–Trinajstić information content (AvgIpc) is 2.36. The van der Waals surface area contributed by atoms with Crippen LogP contribution in [-0.4, -0.2) is 18.8 Å². The summed E-state index contributed by atoms with van der Waals surface area (Å²) in [6, 6.07) is 0.432. The lowest BCUT2D eigenvalue weighted by molar-refractivity contribution is 0.0593. The van der Waals surface area contributed by atoms with Crippen molar-refractivity contribution in [3.05, 3.63) is 0 Å². The Morgan fingerprint density at radius 1 is 1.20 bits per heavy atom. The van der Waals surface area contributed by atoms with E-state index in [1.165, 1.54) is 25.7 Å². The SMILES string of the molecule is N[C@@H]1CCC[C@H]2OCC[C@H]12. The van der Waals surface area contributed by atoms with Crippen LogP contribution >= 0.6 is 0 Å². The van der Waals surface area contributed by atoms with Crippen LogP contribution in [0.3, 0.4) is 0 Å². The van der Waals surface area contributed by atoms with Gasteiger partial charge in [0.1, 0.15) is 0 Å². The summed E-state index contributed by atoms with van der Waals surface area (Å²) in [5.41, 5.74) is 5.94. The quantitative estimate of drug-likeness (QED) is 0.544. The summed E-state index contributed by atoms with van der Waals surface area (Å²) in [6.07, 6.45) is 5.44. The second-order valence-electron chi connectivity index (χ2n) is 3.46. The minimum Gasteiger partial charge on any atom is -0.378 e. The van der Waals surface area contributed by atoms with Crippen molar-refractivity contribution in [2.24, 2.45) is 11.7 Å². The third-order valence-corrected chi connectivity index (χ3v) is 2.84. The molecule has 2 heteroatoms. The Morgan fingerprint density at radius 2 is 2.10 bits per heavy atom. The summed E-state index contributed by atoms with van der Waals surface area (Å²) < 4.78 is 5.55. The van der Waals surface area contributed by atoms with Gasteiger partial charge in [-0.1, -0.05) is 0 Å². The van der Waals surface area contributed by atoms with Crippen molar-refractivity contribution >= 4 is 0 Å². The number of hydrogen-bond donors (Lipinski definition) is 1. The fourth-order valence-corrected chi connectivity index (χ4v) is 2.22. The Labute approximate surface area is 61.7 Å². The molecule has 0 aromatic rings. The van der Waals surface area contributed by atoms with Crippen LogP contribution in [0.25, 0.3) is 0 Å². The van der Waals surface area contributed by atoms with Crippen LogP contribution in [-0.2, 0) is 4.74 Å². The molecule has 1 aliphatic heterocycles. The Hall–Kier alpha value is -0.0800. The van der Waals surface area contributed by atoms with Crippen LogP contribution in [0.2, 0.25) is 0 Å². The maximum atomic E-state index is 5.94. The maximum absolute atomic E-state index is 5.94. The molecule has 10 heavy (non-hydrogen) atoms. The van der Waals surface area contributed by atoms with Gasteiger partial charge in [-0.15, -0.1) is 0 Å². The number of rotatable bonds is 0. The van der Waals surface area contributed by atoms with E-state index in [9.17, 15) is 0 Å². The van der Waals surface area contributed by atoms with Gasteiger partial charge in [0, 0.05) is 18.6 Å². The molecule has 0 aromatic heterocycles. The van der Waals surface area contributed by atoms with Crippen LogP contribution in [0.15, 0.2) is 0 Å². The van der Waals surface area contributed by atoms with Gasteiger partial charge in [-0.05, 0) is 25.7 Å². The van der Waals surface area contributed by atoms with Gasteiger partial charge in [-0.25, -0.2) is 0 Å². The molecule has 2 nitrogen and oxygen atoms in total. The highest BCUT2D eigenvalue weighted by atomic mass is 16.5. The molecule has 2 rings (SSSR count). The fraction of sp³-hybridized carbons (Fsp3) is 1.00. The third-order valence-electron chi connectivity index (χ3n) is 2.84. The minimum atomic E-state index is 0.432. The van der Waals surface area contributed by atoms with E-state index < -0.39 is 0 Å². The van der Waals surface area contributed by atoms with E-state index >= 15 is 0 Å². The van der Waals surface area contributed by atoms with Gasteiger partial charge in [-0.2, -0.15) is 0 Å². The second-order valence-corrected chi connectivity index (χ2v) is 3.46. The van der Waals surface area contributed by atoms with Crippen LogP contribution in [0, 0.1) is 5.92 Å². The van der Waals surface area contributed by atoms with Crippen molar-refractivity contribution in [2.45, 2.75) is 37.8 Å². The zero-order valence-electron chi connectivity index (χ0n) is 6.25. The van der Waals surface area contributed by atoms with Gasteiger partial charge in [0.25, 0.3) is 0 Å². The molecule has 0 bridgehead atoms. The van der Waals surface area contributed by atoms with Gasteiger partial charge >= 0.3 is 0 Å². The minimum absolute atomic E-state index is 0.432. The predicted octanol–water partition coefficient (Wildman–Crippen LogP) is 0.903. The number of hydrogen-bond acceptors (Lipinski definition) is 2. The first-order valence-corrected chi connectivity index (χ1v) is 4.25. The average molecular weight is 141 g/mol. The monoisotopic (exact) mass is 141 g/mol. The topological polar surface area (TPSA) is 35.2 Å². The Bertz CT molecular complexity index is 126. The normalized spacial score (nSPS) is 47.1. The molecule has 0 amide bonds. The van der Waals surface area contributed by atoms with Gasteiger partial charge in [0.05, 0.1) is 6.10 Å². The van der Waals surface area contributed by atoms with E-state index in [4.69, 9.17) is 10.5 Å². The molecule has 1 saturated heterocycles. The summed E-state index contributed by atoms with van der Waals surface area (Å²) >= 11 is 0. The van der Waals surface area contributed by atoms with Crippen molar-refractivity contribution in [2.75, 3.05) is 6.61 Å². The standard InChI is InChI=1S/C8H15NO/c9-7-2-1-3-8-6(7)4-5-10-8/h6-8H,1-5,9H2/t6-,7-,8-/m1/s1. The van der Waals surface area contributed by atoms with Crippen LogP contribution in [0.5, 0.6) is 0 Å². The van der Waals surface area contributed by atoms with E-state index in [0.29, 0.717) is 18.1 Å². The second kappa shape index (κ2) is 2.51. The molecular weight excluding hydrogens is 126 g/mol. The zero-order valence-corrected chi connectivity index (χ0v) is 6.25. The Kier molecular flexibility index (Phi) is 1.66. The van der Waals surface area contributed by atoms with Crippen molar-refractivity contribution < 1.29 is 4.74 Å². The largest absolute Gasteiger partial charge is 0.378 e. The summed E-state index contributed by atoms with van der Waals surface area (Å²) in [6.45, 7) is 0.947. The van der Waals surface area contributed by atoms with Gasteiger partial charge < -0.3 is 10.5 Å². The zero-order chi connectivity index (χ0) is 6.97. The van der Waals surface area contributed by atoms with Crippen LogP contribution < -0.4 is 5.73 Å². The van der Waals surface area contributed by atoms with Crippen molar-refractivity contribution in [3.63, 3.8) is 0 Å². The van der Waals surface area contributed by atoms with E-state index in [-0.39, 0.29) is 0 Å². The Balaban J connectivity index is 2.03. The fourth-order valence-electron chi connectivity index (χ4n) is 2.22. The van der Waals surface area contributed by atoms with Crippen LogP contribution in [0.1, 0.15) is 25.7 Å². The first kappa shape index (κ1) is 6.62. The molecule has 0 aromatic carbocycles. The highest BCUT2D eigenvalue weighted by Gasteiger charge is 2.35. The van der Waals surface area contributed by atoms with E-state index in [1.807, 2.05) is 0 Å². The predicted molar refractivity (Wildman–Crippen MR) is 39.7 cm³/mol. The molecule has 2 fully saturated rings. The summed E-state index contributed by atoms with van der Waals surface area (Å²) in [4.78, 5) is 0. The molecule has 0 unspecified atom stereocenters. The van der Waals surface area contributed by atoms with E-state index in [1.54, 1.807) is 0 Å². The van der Waals surface area contributed by atoms with Crippen LogP contribution in [0.4, 0.5) is 0 Å². The molecule has 2 aliphatic rings. The highest BCUT2D eigenvalue weighted by molar-refractivity contribution is 4.88. The summed E-state index contributed by atoms with van der Waals surface area (Å²) in [5, 5.41) is 0. The lowest BCUT2D eigenvalue weighted by Gasteiger charge is -2.29. The third kappa shape index (κ3) is 0.956. The van der Waals surface area contributed by atoms with Crippen molar-refractivity contribution in [1.29, 1.82) is 0 Å². The summed E-state index contributed by atoms with van der Waals surface area (Å²) in [5.74, 6) is 0.689. The molecule has 3 atom stereocenters. The maximum Gasteiger partial charge on any atom is 0.0618 e. The lowest BCUT2D eigenvalue weighted by atomic mass is 9.82. The first-order valence-electron chi connectivity index (χ1n) is 4.25. The molecule has 58 valence electrons. The number of nitrogens with two attached hydrogens (primary N) is 1. The Morgan fingerprint density at radius 3 is 2.90 bits per heavy atom. The molecule has 1 saturated carbocycles. The van der Waals surface area contributed by atoms with Crippen molar-refractivity contribution in [3.8, 4) is 0 Å². The molecular formula is C8H15NO.